The van der Waals surface area contributed by atoms with Crippen LogP contribution in [0.3, 0.4) is 0 Å². The van der Waals surface area contributed by atoms with Gasteiger partial charge in [0.2, 0.25) is 11.8 Å². The highest BCUT2D eigenvalue weighted by Crippen LogP contribution is 2.29. The number of carbonyl (C=O) groups is 3. The van der Waals surface area contributed by atoms with E-state index in [-0.39, 0.29) is 17.9 Å². The van der Waals surface area contributed by atoms with Gasteiger partial charge in [0, 0.05) is 24.2 Å². The molecule has 1 aliphatic heterocycles. The van der Waals surface area contributed by atoms with Crippen LogP contribution in [0.5, 0.6) is 0 Å². The molecule has 0 aromatic heterocycles. The van der Waals surface area contributed by atoms with Crippen LogP contribution < -0.4 is 5.32 Å². The van der Waals surface area contributed by atoms with Crippen molar-refractivity contribution in [3.8, 4) is 0 Å². The highest BCUT2D eigenvalue weighted by molar-refractivity contribution is 8.15. The second-order valence-corrected chi connectivity index (χ2v) is 7.62. The number of carbonyl (C=O) groups excluding carboxylic acids is 2. The maximum absolute atomic E-state index is 12.6. The molecule has 1 atom stereocenters. The van der Waals surface area contributed by atoms with Crippen LogP contribution in [0.4, 0.5) is 11.4 Å². The lowest BCUT2D eigenvalue weighted by Gasteiger charge is -2.28. The van der Waals surface area contributed by atoms with E-state index in [4.69, 9.17) is 16.7 Å². The van der Waals surface area contributed by atoms with E-state index in [2.05, 4.69) is 10.3 Å². The molecular formula is C19H16ClN3O4S. The standard InChI is InChI=1S/C19H16ClN3O4S/c1-23-16(24)10-15(28-19(23)22-14-7-3-5-12(20)9-14)17(25)21-13-6-2-4-11(8-13)18(26)27/h2-9,15H,10H2,1H3,(H,21,25)(H,26,27)/t15-/m1/s1. The Morgan fingerprint density at radius 1 is 1.25 bits per heavy atom. The predicted molar refractivity (Wildman–Crippen MR) is 109 cm³/mol. The first-order valence-electron chi connectivity index (χ1n) is 8.25. The van der Waals surface area contributed by atoms with Gasteiger partial charge in [0.05, 0.1) is 11.3 Å². The highest BCUT2D eigenvalue weighted by Gasteiger charge is 2.34. The summed E-state index contributed by atoms with van der Waals surface area (Å²) in [5.74, 6) is -1.72. The molecule has 2 N–H and O–H groups in total. The molecular weight excluding hydrogens is 402 g/mol. The third-order valence-electron chi connectivity index (χ3n) is 3.97. The molecule has 7 nitrogen and oxygen atoms in total. The summed E-state index contributed by atoms with van der Waals surface area (Å²) in [4.78, 5) is 41.8. The van der Waals surface area contributed by atoms with Crippen LogP contribution >= 0.6 is 23.4 Å². The molecule has 1 aliphatic rings. The van der Waals surface area contributed by atoms with Crippen molar-refractivity contribution in [1.82, 2.24) is 4.90 Å². The largest absolute Gasteiger partial charge is 0.478 e. The van der Waals surface area contributed by atoms with Gasteiger partial charge in [0.1, 0.15) is 5.25 Å². The van der Waals surface area contributed by atoms with Gasteiger partial charge in [-0.05, 0) is 36.4 Å². The summed E-state index contributed by atoms with van der Waals surface area (Å²) in [6, 6.07) is 12.8. The average molecular weight is 418 g/mol. The summed E-state index contributed by atoms with van der Waals surface area (Å²) in [6.45, 7) is 0. The van der Waals surface area contributed by atoms with Crippen molar-refractivity contribution in [2.45, 2.75) is 11.7 Å². The topological polar surface area (TPSA) is 99.1 Å². The van der Waals surface area contributed by atoms with Gasteiger partial charge in [0.25, 0.3) is 0 Å². The lowest BCUT2D eigenvalue weighted by atomic mass is 10.2. The van der Waals surface area contributed by atoms with Gasteiger partial charge in [-0.25, -0.2) is 9.79 Å². The average Bonchev–Trinajstić information content (AvgIpc) is 2.65. The smallest absolute Gasteiger partial charge is 0.335 e. The number of halogens is 1. The van der Waals surface area contributed by atoms with Gasteiger partial charge < -0.3 is 10.4 Å². The van der Waals surface area contributed by atoms with Gasteiger partial charge in [-0.2, -0.15) is 0 Å². The first kappa shape index (κ1) is 19.9. The minimum absolute atomic E-state index is 0.0141. The zero-order chi connectivity index (χ0) is 20.3. The summed E-state index contributed by atoms with van der Waals surface area (Å²) < 4.78 is 0. The highest BCUT2D eigenvalue weighted by atomic mass is 35.5. The van der Waals surface area contributed by atoms with Crippen LogP contribution in [0.2, 0.25) is 5.02 Å². The van der Waals surface area contributed by atoms with Crippen molar-refractivity contribution in [3.05, 3.63) is 59.1 Å². The Morgan fingerprint density at radius 3 is 2.71 bits per heavy atom. The summed E-state index contributed by atoms with van der Waals surface area (Å²) >= 11 is 7.14. The zero-order valence-electron chi connectivity index (χ0n) is 14.8. The number of anilines is 1. The van der Waals surface area contributed by atoms with Crippen molar-refractivity contribution in [2.75, 3.05) is 12.4 Å². The number of hydrogen-bond acceptors (Lipinski definition) is 5. The number of hydrogen-bond donors (Lipinski definition) is 2. The molecule has 144 valence electrons. The number of aromatic carboxylic acids is 1. The maximum atomic E-state index is 12.6. The Labute approximate surface area is 170 Å². The van der Waals surface area contributed by atoms with Crippen LogP contribution in [-0.4, -0.2) is 45.3 Å². The molecule has 0 radical (unpaired) electrons. The first-order chi connectivity index (χ1) is 13.3. The number of benzene rings is 2. The van der Waals surface area contributed by atoms with E-state index in [0.29, 0.717) is 21.6 Å². The SMILES string of the molecule is CN1C(=O)C[C@H](C(=O)Nc2cccc(C(=O)O)c2)SC1=Nc1cccc(Cl)c1. The Hall–Kier alpha value is -2.84. The minimum atomic E-state index is -1.09. The number of amidine groups is 1. The second-order valence-electron chi connectivity index (χ2n) is 6.01. The molecule has 2 aromatic rings. The third-order valence-corrected chi connectivity index (χ3v) is 5.45. The van der Waals surface area contributed by atoms with E-state index >= 15 is 0 Å². The number of nitrogens with one attached hydrogen (secondary N) is 1. The van der Waals surface area contributed by atoms with Crippen LogP contribution in [0.25, 0.3) is 0 Å². The van der Waals surface area contributed by atoms with E-state index in [0.717, 1.165) is 0 Å². The molecule has 0 spiro atoms. The van der Waals surface area contributed by atoms with E-state index in [9.17, 15) is 14.4 Å². The number of amides is 2. The molecule has 3 rings (SSSR count). The summed E-state index contributed by atoms with van der Waals surface area (Å²) in [7, 11) is 1.60. The van der Waals surface area contributed by atoms with Crippen molar-refractivity contribution >= 4 is 57.7 Å². The fourth-order valence-corrected chi connectivity index (χ4v) is 3.76. The fourth-order valence-electron chi connectivity index (χ4n) is 2.51. The number of nitrogens with zero attached hydrogens (tertiary/aromatic N) is 2. The number of carboxylic acids is 1. The van der Waals surface area contributed by atoms with Gasteiger partial charge in [-0.15, -0.1) is 0 Å². The van der Waals surface area contributed by atoms with Crippen molar-refractivity contribution in [3.63, 3.8) is 0 Å². The first-order valence-corrected chi connectivity index (χ1v) is 9.51. The zero-order valence-corrected chi connectivity index (χ0v) is 16.3. The molecule has 9 heteroatoms. The molecule has 1 heterocycles. The second kappa shape index (κ2) is 8.45. The molecule has 2 amide bonds. The van der Waals surface area contributed by atoms with Gasteiger partial charge in [-0.3, -0.25) is 14.5 Å². The van der Waals surface area contributed by atoms with Crippen molar-refractivity contribution < 1.29 is 19.5 Å². The Bertz CT molecular complexity index is 979. The quantitative estimate of drug-likeness (QED) is 0.791. The third kappa shape index (κ3) is 4.71. The fraction of sp³-hybridized carbons (Fsp3) is 0.158. The van der Waals surface area contributed by atoms with E-state index < -0.39 is 17.1 Å². The molecule has 28 heavy (non-hydrogen) atoms. The van der Waals surface area contributed by atoms with E-state index in [1.54, 1.807) is 37.4 Å². The molecule has 1 fully saturated rings. The lowest BCUT2D eigenvalue weighted by Crippen LogP contribution is -2.43. The Balaban J connectivity index is 1.78. The van der Waals surface area contributed by atoms with E-state index in [1.807, 2.05) is 0 Å². The monoisotopic (exact) mass is 417 g/mol. The van der Waals surface area contributed by atoms with Crippen LogP contribution in [0.15, 0.2) is 53.5 Å². The molecule has 1 saturated heterocycles. The van der Waals surface area contributed by atoms with Gasteiger partial charge >= 0.3 is 5.97 Å². The normalized spacial score (nSPS) is 18.2. The Kier molecular flexibility index (Phi) is 6.01. The number of carboxylic acid groups (broad SMARTS) is 1. The number of thioether (sulfide) groups is 1. The van der Waals surface area contributed by atoms with E-state index in [1.165, 1.54) is 34.9 Å². The summed E-state index contributed by atoms with van der Waals surface area (Å²) in [5, 5.41) is 11.9. The van der Waals surface area contributed by atoms with Crippen LogP contribution in [-0.2, 0) is 9.59 Å². The molecule has 0 aliphatic carbocycles. The lowest BCUT2D eigenvalue weighted by molar-refractivity contribution is -0.128. The molecule has 0 saturated carbocycles. The molecule has 0 unspecified atom stereocenters. The molecule has 2 aromatic carbocycles. The number of rotatable bonds is 4. The Morgan fingerprint density at radius 2 is 2.00 bits per heavy atom. The molecule has 0 bridgehead atoms. The number of aliphatic imine (C=N–C) groups is 1. The summed E-state index contributed by atoms with van der Waals surface area (Å²) in [5.41, 5.74) is 0.989. The van der Waals surface area contributed by atoms with Crippen molar-refractivity contribution in [2.24, 2.45) is 4.99 Å². The van der Waals surface area contributed by atoms with Gasteiger partial charge in [0.15, 0.2) is 5.17 Å². The van der Waals surface area contributed by atoms with Crippen LogP contribution in [0, 0.1) is 0 Å². The minimum Gasteiger partial charge on any atom is -0.478 e. The van der Waals surface area contributed by atoms with Crippen LogP contribution in [0.1, 0.15) is 16.8 Å². The maximum Gasteiger partial charge on any atom is 0.335 e. The van der Waals surface area contributed by atoms with Gasteiger partial charge in [-0.1, -0.05) is 35.5 Å². The van der Waals surface area contributed by atoms with Crippen molar-refractivity contribution in [1.29, 1.82) is 0 Å². The summed E-state index contributed by atoms with van der Waals surface area (Å²) in [6.07, 6.45) is 0.0141. The predicted octanol–water partition coefficient (Wildman–Crippen LogP) is 3.63.